The number of nitrogens with zero attached hydrogens (tertiary/aromatic N) is 3. The predicted octanol–water partition coefficient (Wildman–Crippen LogP) is 6.09. The molecular weight excluding hydrogens is 445 g/mol. The zero-order valence-corrected chi connectivity index (χ0v) is 20.3. The second kappa shape index (κ2) is 11.5. The van der Waals surface area contributed by atoms with Gasteiger partial charge in [-0.2, -0.15) is 4.08 Å². The number of amides is 1. The van der Waals surface area contributed by atoms with Crippen molar-refractivity contribution in [2.45, 2.75) is 33.7 Å². The molecule has 1 rings (SSSR count). The van der Waals surface area contributed by atoms with Crippen LogP contribution in [0.1, 0.15) is 27.7 Å². The van der Waals surface area contributed by atoms with Crippen LogP contribution in [0.25, 0.3) is 0 Å². The van der Waals surface area contributed by atoms with Gasteiger partial charge in [-0.25, -0.2) is 9.10 Å². The molecule has 0 saturated carbocycles. The van der Waals surface area contributed by atoms with E-state index in [1.54, 1.807) is 38.2 Å². The molecule has 0 bridgehead atoms. The van der Waals surface area contributed by atoms with E-state index in [-0.39, 0.29) is 6.04 Å². The molecule has 0 N–H and O–H groups in total. The molecule has 0 aromatic heterocycles. The number of carbonyl (C=O) groups excluding carboxylic acids is 1. The Kier molecular flexibility index (Phi) is 10.5. The Hall–Kier alpha value is -0.440. The van der Waals surface area contributed by atoms with Gasteiger partial charge >= 0.3 is 6.09 Å². The molecule has 0 aliphatic carbocycles. The largest absolute Gasteiger partial charge is 0.452 e. The maximum absolute atomic E-state index is 12.2. The van der Waals surface area contributed by atoms with Crippen LogP contribution in [0.3, 0.4) is 0 Å². The van der Waals surface area contributed by atoms with E-state index in [2.05, 4.69) is 5.16 Å². The summed E-state index contributed by atoms with van der Waals surface area (Å²) in [4.78, 5) is 17.1. The molecule has 0 heterocycles. The maximum atomic E-state index is 12.2. The van der Waals surface area contributed by atoms with E-state index in [0.717, 1.165) is 0 Å². The molecule has 6 nitrogen and oxygen atoms in total. The highest BCUT2D eigenvalue weighted by Crippen LogP contribution is 2.56. The van der Waals surface area contributed by atoms with Gasteiger partial charge in [0.25, 0.3) is 0 Å². The fourth-order valence-corrected chi connectivity index (χ4v) is 6.50. The van der Waals surface area contributed by atoms with E-state index in [4.69, 9.17) is 32.8 Å². The summed E-state index contributed by atoms with van der Waals surface area (Å²) in [5.41, 5.74) is 0. The van der Waals surface area contributed by atoms with Gasteiger partial charge in [0.2, 0.25) is 0 Å². The average Bonchev–Trinajstić information content (AvgIpc) is 2.64. The van der Waals surface area contributed by atoms with E-state index < -0.39 is 12.5 Å². The molecule has 1 amide bonds. The van der Waals surface area contributed by atoms with Crippen molar-refractivity contribution in [3.05, 3.63) is 29.3 Å². The molecule has 11 heteroatoms. The van der Waals surface area contributed by atoms with Crippen molar-refractivity contribution in [1.29, 1.82) is 0 Å². The van der Waals surface area contributed by atoms with Crippen LogP contribution in [-0.2, 0) is 16.6 Å². The standard InChI is InChI=1S/C16H25ClN3O3PS3/c1-7-24(25,23-15-10-8-14(17)9-11-15)20(12(2)3)27-19(5)16(21)22-18-13(4)26-6/h8-12H,7H2,1-6H3. The summed E-state index contributed by atoms with van der Waals surface area (Å²) in [6.07, 6.45) is -0.538. The zero-order chi connectivity index (χ0) is 20.6. The van der Waals surface area contributed by atoms with Gasteiger partial charge in [-0.1, -0.05) is 23.7 Å². The SMILES string of the molecule is CCP(=S)(Oc1ccc(Cl)cc1)N(SN(C)C(=O)ON=C(C)SC)C(C)C. The van der Waals surface area contributed by atoms with Crippen molar-refractivity contribution < 1.29 is 14.2 Å². The Labute approximate surface area is 180 Å². The molecule has 1 aromatic rings. The highest BCUT2D eigenvalue weighted by molar-refractivity contribution is 8.17. The Balaban J connectivity index is 2.94. The minimum atomic E-state index is -2.44. The molecule has 0 aliphatic rings. The number of carbonyl (C=O) groups is 1. The van der Waals surface area contributed by atoms with Crippen LogP contribution in [0, 0.1) is 0 Å². The van der Waals surface area contributed by atoms with Crippen molar-refractivity contribution in [3.63, 3.8) is 0 Å². The highest BCUT2D eigenvalue weighted by Gasteiger charge is 2.33. The van der Waals surface area contributed by atoms with Crippen molar-refractivity contribution in [2.24, 2.45) is 5.16 Å². The lowest BCUT2D eigenvalue weighted by Gasteiger charge is -2.37. The number of hydrogen-bond donors (Lipinski definition) is 0. The first-order chi connectivity index (χ1) is 12.6. The fourth-order valence-electron chi connectivity index (χ4n) is 1.76. The van der Waals surface area contributed by atoms with E-state index in [0.29, 0.717) is 22.0 Å². The second-order valence-corrected chi connectivity index (χ2v) is 12.7. The number of hydrogen-bond acceptors (Lipinski definition) is 7. The Morgan fingerprint density at radius 3 is 2.44 bits per heavy atom. The summed E-state index contributed by atoms with van der Waals surface area (Å²) >= 11 is 14.4. The Morgan fingerprint density at radius 1 is 1.37 bits per heavy atom. The van der Waals surface area contributed by atoms with Crippen LogP contribution < -0.4 is 4.52 Å². The Bertz CT molecular complexity index is 704. The van der Waals surface area contributed by atoms with Gasteiger partial charge in [0, 0.05) is 24.3 Å². The first kappa shape index (κ1) is 24.6. The van der Waals surface area contributed by atoms with Gasteiger partial charge in [-0.15, -0.1) is 11.8 Å². The van der Waals surface area contributed by atoms with Gasteiger partial charge in [0.05, 0.1) is 12.1 Å². The summed E-state index contributed by atoms with van der Waals surface area (Å²) < 4.78 is 9.50. The highest BCUT2D eigenvalue weighted by atomic mass is 35.5. The third-order valence-corrected chi connectivity index (χ3v) is 10.3. The molecular formula is C16H25ClN3O3PS3. The third-order valence-electron chi connectivity index (χ3n) is 3.21. The normalized spacial score (nSPS) is 14.2. The first-order valence-electron chi connectivity index (χ1n) is 8.18. The molecule has 0 aliphatic heterocycles. The molecule has 1 aromatic carbocycles. The van der Waals surface area contributed by atoms with Gasteiger partial charge in [-0.3, -0.25) is 4.84 Å². The van der Waals surface area contributed by atoms with Crippen LogP contribution >= 0.6 is 41.9 Å². The number of oxime groups is 1. The van der Waals surface area contributed by atoms with E-state index in [9.17, 15) is 4.79 Å². The average molecular weight is 470 g/mol. The van der Waals surface area contributed by atoms with Crippen LogP contribution in [0.15, 0.2) is 29.4 Å². The van der Waals surface area contributed by atoms with Gasteiger partial charge in [-0.05, 0) is 63.1 Å². The summed E-state index contributed by atoms with van der Waals surface area (Å²) in [6.45, 7) is 7.76. The Morgan fingerprint density at radius 2 is 1.96 bits per heavy atom. The van der Waals surface area contributed by atoms with Crippen LogP contribution in [0.4, 0.5) is 4.79 Å². The summed E-state index contributed by atoms with van der Waals surface area (Å²) in [6, 6.07) is 7.14. The number of rotatable bonds is 8. The molecule has 1 atom stereocenters. The summed E-state index contributed by atoms with van der Waals surface area (Å²) in [5, 5.41) is 5.06. The maximum Gasteiger partial charge on any atom is 0.446 e. The summed E-state index contributed by atoms with van der Waals surface area (Å²) in [5.74, 6) is 0.654. The molecule has 1 unspecified atom stereocenters. The lowest BCUT2D eigenvalue weighted by molar-refractivity contribution is 0.136. The number of halogens is 1. The molecule has 0 radical (unpaired) electrons. The van der Waals surface area contributed by atoms with E-state index >= 15 is 0 Å². The molecule has 0 saturated heterocycles. The van der Waals surface area contributed by atoms with E-state index in [1.807, 2.05) is 31.1 Å². The quantitative estimate of drug-likeness (QED) is 0.114. The van der Waals surface area contributed by atoms with Gasteiger partial charge < -0.3 is 4.52 Å². The van der Waals surface area contributed by atoms with Crippen molar-refractivity contribution in [3.8, 4) is 5.75 Å². The van der Waals surface area contributed by atoms with Gasteiger partial charge in [0.1, 0.15) is 10.8 Å². The fraction of sp³-hybridized carbons (Fsp3) is 0.500. The lowest BCUT2D eigenvalue weighted by atomic mass is 10.3. The van der Waals surface area contributed by atoms with Crippen LogP contribution in [0.2, 0.25) is 5.02 Å². The lowest BCUT2D eigenvalue weighted by Crippen LogP contribution is -2.31. The minimum Gasteiger partial charge on any atom is -0.452 e. The number of thioether (sulfide) groups is 1. The van der Waals surface area contributed by atoms with Crippen LogP contribution in [-0.4, -0.2) is 45.0 Å². The number of benzene rings is 1. The van der Waals surface area contributed by atoms with Crippen molar-refractivity contribution >= 4 is 64.9 Å². The summed E-state index contributed by atoms with van der Waals surface area (Å²) in [7, 11) is 1.62. The van der Waals surface area contributed by atoms with Gasteiger partial charge in [0.15, 0.2) is 6.42 Å². The minimum absolute atomic E-state index is 0.0415. The third kappa shape index (κ3) is 7.83. The zero-order valence-electron chi connectivity index (χ0n) is 16.2. The molecule has 27 heavy (non-hydrogen) atoms. The molecule has 0 fully saturated rings. The van der Waals surface area contributed by atoms with E-state index in [1.165, 1.54) is 28.2 Å². The topological polar surface area (TPSA) is 54.4 Å². The second-order valence-electron chi connectivity index (χ2n) is 5.65. The predicted molar refractivity (Wildman–Crippen MR) is 122 cm³/mol. The monoisotopic (exact) mass is 469 g/mol. The molecule has 0 spiro atoms. The van der Waals surface area contributed by atoms with Crippen molar-refractivity contribution in [1.82, 2.24) is 8.38 Å². The van der Waals surface area contributed by atoms with Crippen LogP contribution in [0.5, 0.6) is 5.75 Å². The first-order valence-corrected chi connectivity index (χ1v) is 13.4. The smallest absolute Gasteiger partial charge is 0.446 e. The van der Waals surface area contributed by atoms with Crippen molar-refractivity contribution in [2.75, 3.05) is 19.5 Å². The molecule has 152 valence electrons.